The molecule has 1 saturated heterocycles. The van der Waals surface area contributed by atoms with Gasteiger partial charge in [-0.2, -0.15) is 0 Å². The summed E-state index contributed by atoms with van der Waals surface area (Å²) in [5, 5.41) is 3.21. The molecule has 2 aromatic rings. The number of amides is 2. The van der Waals surface area contributed by atoms with Gasteiger partial charge in [-0.15, -0.1) is 0 Å². The summed E-state index contributed by atoms with van der Waals surface area (Å²) in [6, 6.07) is 16.1. The van der Waals surface area contributed by atoms with Crippen molar-refractivity contribution in [1.82, 2.24) is 4.90 Å². The van der Waals surface area contributed by atoms with Gasteiger partial charge in [-0.1, -0.05) is 42.1 Å². The zero-order valence-corrected chi connectivity index (χ0v) is 18.2. The van der Waals surface area contributed by atoms with Crippen LogP contribution in [-0.4, -0.2) is 41.1 Å². The van der Waals surface area contributed by atoms with Crippen LogP contribution in [0.2, 0.25) is 0 Å². The van der Waals surface area contributed by atoms with Gasteiger partial charge in [-0.3, -0.25) is 14.5 Å². The van der Waals surface area contributed by atoms with E-state index in [2.05, 4.69) is 5.32 Å². The van der Waals surface area contributed by atoms with Gasteiger partial charge in [0.2, 0.25) is 11.8 Å². The quantitative estimate of drug-likeness (QED) is 0.499. The van der Waals surface area contributed by atoms with Gasteiger partial charge in [0.1, 0.15) is 18.4 Å². The Morgan fingerprint density at radius 2 is 1.87 bits per heavy atom. The van der Waals surface area contributed by atoms with E-state index in [1.807, 2.05) is 30.3 Å². The number of thioether (sulfide) groups is 1. The molecule has 162 valence electrons. The average Bonchev–Trinajstić information content (AvgIpc) is 3.13. The Morgan fingerprint density at radius 1 is 1.16 bits per heavy atom. The molecule has 7 nitrogen and oxygen atoms in total. The summed E-state index contributed by atoms with van der Waals surface area (Å²) >= 11 is 1.21. The second-order valence-corrected chi connectivity index (χ2v) is 7.75. The fraction of sp³-hybridized carbons (Fsp3) is 0.261. The van der Waals surface area contributed by atoms with Crippen molar-refractivity contribution < 1.29 is 23.9 Å². The third-order valence-electron chi connectivity index (χ3n) is 4.51. The number of anilines is 1. The van der Waals surface area contributed by atoms with Crippen LogP contribution in [0.4, 0.5) is 5.69 Å². The smallest absolute Gasteiger partial charge is 0.333 e. The van der Waals surface area contributed by atoms with E-state index in [0.29, 0.717) is 23.1 Å². The van der Waals surface area contributed by atoms with Crippen LogP contribution in [0.5, 0.6) is 5.75 Å². The predicted molar refractivity (Wildman–Crippen MR) is 119 cm³/mol. The summed E-state index contributed by atoms with van der Waals surface area (Å²) in [5.74, 6) is -0.267. The number of carbonyl (C=O) groups excluding carboxylic acids is 3. The first kappa shape index (κ1) is 22.4. The summed E-state index contributed by atoms with van der Waals surface area (Å²) in [6.45, 7) is 4.01. The summed E-state index contributed by atoms with van der Waals surface area (Å²) in [6.07, 6.45) is 1.25. The molecule has 0 spiro atoms. The molecular formula is C23H24N2O5S. The zero-order chi connectivity index (χ0) is 22.2. The highest BCUT2D eigenvalue weighted by Gasteiger charge is 2.34. The lowest BCUT2D eigenvalue weighted by atomic mass is 10.2. The molecule has 0 radical (unpaired) electrons. The molecule has 2 amide bonds. The van der Waals surface area contributed by atoms with E-state index in [1.54, 1.807) is 38.1 Å². The van der Waals surface area contributed by atoms with Crippen LogP contribution in [0.3, 0.4) is 0 Å². The molecule has 0 aromatic heterocycles. The average molecular weight is 441 g/mol. The number of rotatable bonds is 8. The largest absolute Gasteiger partial charge is 0.489 e. The number of ether oxygens (including phenoxy) is 2. The monoisotopic (exact) mass is 440 g/mol. The molecule has 0 saturated carbocycles. The van der Waals surface area contributed by atoms with E-state index in [1.165, 1.54) is 22.7 Å². The third-order valence-corrected chi connectivity index (χ3v) is 5.52. The minimum atomic E-state index is -0.780. The van der Waals surface area contributed by atoms with Gasteiger partial charge < -0.3 is 14.8 Å². The summed E-state index contributed by atoms with van der Waals surface area (Å²) < 4.78 is 10.6. The van der Waals surface area contributed by atoms with E-state index in [-0.39, 0.29) is 24.2 Å². The van der Waals surface area contributed by atoms with E-state index in [4.69, 9.17) is 9.47 Å². The number of hydrogen-bond acceptors (Lipinski definition) is 6. The van der Waals surface area contributed by atoms with Crippen molar-refractivity contribution in [2.24, 2.45) is 0 Å². The SMILES string of the molecule is CCOC(=O)/C=C1\SCC(=O)N1C(C)C(=O)Nc1ccc(OCc2ccccc2)cc1. The lowest BCUT2D eigenvalue weighted by Gasteiger charge is -2.24. The van der Waals surface area contributed by atoms with Crippen LogP contribution in [0.1, 0.15) is 19.4 Å². The zero-order valence-electron chi connectivity index (χ0n) is 17.4. The first-order valence-electron chi connectivity index (χ1n) is 9.89. The van der Waals surface area contributed by atoms with Crippen LogP contribution in [0.25, 0.3) is 0 Å². The van der Waals surface area contributed by atoms with Crippen molar-refractivity contribution in [2.75, 3.05) is 17.7 Å². The number of esters is 1. The molecule has 8 heteroatoms. The van der Waals surface area contributed by atoms with Crippen LogP contribution >= 0.6 is 11.8 Å². The molecule has 1 unspecified atom stereocenters. The van der Waals surface area contributed by atoms with Gasteiger partial charge in [0.25, 0.3) is 0 Å². The topological polar surface area (TPSA) is 84.9 Å². The fourth-order valence-electron chi connectivity index (χ4n) is 2.94. The Kier molecular flexibility index (Phi) is 7.72. The highest BCUT2D eigenvalue weighted by Crippen LogP contribution is 2.31. The maximum atomic E-state index is 12.7. The molecule has 1 atom stereocenters. The van der Waals surface area contributed by atoms with Gasteiger partial charge in [0.15, 0.2) is 0 Å². The maximum Gasteiger partial charge on any atom is 0.333 e. The molecule has 3 rings (SSSR count). The molecule has 1 fully saturated rings. The number of carbonyl (C=O) groups is 3. The number of benzene rings is 2. The second-order valence-electron chi connectivity index (χ2n) is 6.75. The molecular weight excluding hydrogens is 416 g/mol. The van der Waals surface area contributed by atoms with Crippen LogP contribution in [0, 0.1) is 0 Å². The molecule has 1 N–H and O–H groups in total. The molecule has 1 heterocycles. The van der Waals surface area contributed by atoms with E-state index in [9.17, 15) is 14.4 Å². The van der Waals surface area contributed by atoms with E-state index in [0.717, 1.165) is 5.56 Å². The van der Waals surface area contributed by atoms with Crippen molar-refractivity contribution in [2.45, 2.75) is 26.5 Å². The van der Waals surface area contributed by atoms with Crippen molar-refractivity contribution >= 4 is 35.2 Å². The lowest BCUT2D eigenvalue weighted by molar-refractivity contribution is -0.137. The minimum Gasteiger partial charge on any atom is -0.489 e. The summed E-state index contributed by atoms with van der Waals surface area (Å²) in [7, 11) is 0. The van der Waals surface area contributed by atoms with Crippen LogP contribution < -0.4 is 10.1 Å². The third kappa shape index (κ3) is 6.11. The molecule has 1 aliphatic rings. The Balaban J connectivity index is 1.59. The van der Waals surface area contributed by atoms with Crippen LogP contribution in [0.15, 0.2) is 65.7 Å². The second kappa shape index (κ2) is 10.7. The van der Waals surface area contributed by atoms with Gasteiger partial charge >= 0.3 is 5.97 Å². The minimum absolute atomic E-state index is 0.177. The molecule has 1 aliphatic heterocycles. The number of nitrogens with one attached hydrogen (secondary N) is 1. The molecule has 0 aliphatic carbocycles. The van der Waals surface area contributed by atoms with Gasteiger partial charge in [-0.25, -0.2) is 4.79 Å². The maximum absolute atomic E-state index is 12.7. The van der Waals surface area contributed by atoms with Crippen molar-refractivity contribution in [3.63, 3.8) is 0 Å². The molecule has 2 aromatic carbocycles. The van der Waals surface area contributed by atoms with E-state index < -0.39 is 12.0 Å². The fourth-order valence-corrected chi connectivity index (χ4v) is 3.93. The number of hydrogen-bond donors (Lipinski definition) is 1. The summed E-state index contributed by atoms with van der Waals surface area (Å²) in [5.41, 5.74) is 1.65. The first-order chi connectivity index (χ1) is 15.0. The Labute approximate surface area is 185 Å². The number of nitrogens with zero attached hydrogens (tertiary/aromatic N) is 1. The van der Waals surface area contributed by atoms with Crippen molar-refractivity contribution in [1.29, 1.82) is 0 Å². The normalized spacial score (nSPS) is 15.6. The van der Waals surface area contributed by atoms with Gasteiger partial charge in [-0.05, 0) is 43.7 Å². The Bertz CT molecular complexity index is 960. The molecule has 31 heavy (non-hydrogen) atoms. The van der Waals surface area contributed by atoms with Crippen LogP contribution in [-0.2, 0) is 25.7 Å². The summed E-state index contributed by atoms with van der Waals surface area (Å²) in [4.78, 5) is 38.1. The van der Waals surface area contributed by atoms with Gasteiger partial charge in [0.05, 0.1) is 23.5 Å². The van der Waals surface area contributed by atoms with Crippen molar-refractivity contribution in [3.05, 3.63) is 71.3 Å². The predicted octanol–water partition coefficient (Wildman–Crippen LogP) is 3.57. The van der Waals surface area contributed by atoms with Crippen molar-refractivity contribution in [3.8, 4) is 5.75 Å². The van der Waals surface area contributed by atoms with Gasteiger partial charge in [0, 0.05) is 5.69 Å². The van der Waals surface area contributed by atoms with E-state index >= 15 is 0 Å². The molecule has 0 bridgehead atoms. The standard InChI is InChI=1S/C23H24N2O5S/c1-3-29-22(27)13-21-25(20(26)15-31-21)16(2)23(28)24-18-9-11-19(12-10-18)30-14-17-7-5-4-6-8-17/h4-13,16H,3,14-15H2,1-2H3,(H,24,28)/b21-13-. The highest BCUT2D eigenvalue weighted by molar-refractivity contribution is 8.04. The Morgan fingerprint density at radius 3 is 2.55 bits per heavy atom. The Hall–Kier alpha value is -3.26. The first-order valence-corrected chi connectivity index (χ1v) is 10.9. The highest BCUT2D eigenvalue weighted by atomic mass is 32.2. The lowest BCUT2D eigenvalue weighted by Crippen LogP contribution is -2.42.